The average Bonchev–Trinajstić information content (AvgIpc) is 3.52. The summed E-state index contributed by atoms with van der Waals surface area (Å²) >= 11 is 3.16. The molecule has 2 N–H and O–H groups in total. The van der Waals surface area contributed by atoms with Crippen LogP contribution in [0.4, 0.5) is 5.69 Å². The van der Waals surface area contributed by atoms with Crippen molar-refractivity contribution in [3.05, 3.63) is 100 Å². The quantitative estimate of drug-likeness (QED) is 0.361. The summed E-state index contributed by atoms with van der Waals surface area (Å²) in [6.07, 6.45) is 1.45. The highest BCUT2D eigenvalue weighted by atomic mass is 32.2. The predicted molar refractivity (Wildman–Crippen MR) is 122 cm³/mol. The van der Waals surface area contributed by atoms with E-state index >= 15 is 0 Å². The maximum absolute atomic E-state index is 12.7. The van der Waals surface area contributed by atoms with Crippen LogP contribution in [0.1, 0.15) is 32.2 Å². The van der Waals surface area contributed by atoms with Crippen molar-refractivity contribution in [2.24, 2.45) is 0 Å². The van der Waals surface area contributed by atoms with Crippen molar-refractivity contribution in [2.75, 3.05) is 5.32 Å². The Bertz CT molecular complexity index is 1140. The number of anilines is 1. The van der Waals surface area contributed by atoms with Crippen LogP contribution in [0.25, 0.3) is 0 Å². The summed E-state index contributed by atoms with van der Waals surface area (Å²) < 4.78 is 5.08. The van der Waals surface area contributed by atoms with Crippen LogP contribution >= 0.6 is 23.1 Å². The lowest BCUT2D eigenvalue weighted by Gasteiger charge is -2.10. The van der Waals surface area contributed by atoms with Crippen molar-refractivity contribution >= 4 is 40.6 Å². The number of rotatable bonds is 8. The molecule has 0 aliphatic carbocycles. The first-order valence-corrected chi connectivity index (χ1v) is 11.4. The maximum Gasteiger partial charge on any atom is 0.291 e. The van der Waals surface area contributed by atoms with Gasteiger partial charge in [0, 0.05) is 28.3 Å². The molecule has 4 rings (SSSR count). The minimum Gasteiger partial charge on any atom is -0.459 e. The van der Waals surface area contributed by atoms with Crippen LogP contribution in [0, 0.1) is 0 Å². The monoisotopic (exact) mass is 449 g/mol. The van der Waals surface area contributed by atoms with Crippen molar-refractivity contribution in [1.82, 2.24) is 10.3 Å². The summed E-state index contributed by atoms with van der Waals surface area (Å²) in [6, 6.07) is 18.1. The average molecular weight is 450 g/mol. The first-order valence-electron chi connectivity index (χ1n) is 9.50. The summed E-state index contributed by atoms with van der Waals surface area (Å²) in [5, 5.41) is 7.74. The van der Waals surface area contributed by atoms with Gasteiger partial charge in [-0.25, -0.2) is 4.98 Å². The van der Waals surface area contributed by atoms with Crippen molar-refractivity contribution in [1.29, 1.82) is 0 Å². The third-order valence-corrected chi connectivity index (χ3v) is 6.14. The summed E-state index contributed by atoms with van der Waals surface area (Å²) in [6.45, 7) is 0.385. The molecule has 4 aromatic rings. The summed E-state index contributed by atoms with van der Waals surface area (Å²) in [5.74, 6) is 0.538. The summed E-state index contributed by atoms with van der Waals surface area (Å²) in [7, 11) is 0. The molecule has 31 heavy (non-hydrogen) atoms. The van der Waals surface area contributed by atoms with E-state index in [2.05, 4.69) is 15.6 Å². The zero-order valence-corrected chi connectivity index (χ0v) is 18.0. The Morgan fingerprint density at radius 2 is 1.84 bits per heavy atom. The van der Waals surface area contributed by atoms with Gasteiger partial charge in [-0.2, -0.15) is 0 Å². The van der Waals surface area contributed by atoms with E-state index in [1.165, 1.54) is 6.26 Å². The van der Waals surface area contributed by atoms with Gasteiger partial charge in [0.05, 0.1) is 23.0 Å². The summed E-state index contributed by atoms with van der Waals surface area (Å²) in [4.78, 5) is 30.0. The number of benzene rings is 2. The Labute approximate surface area is 187 Å². The molecule has 0 radical (unpaired) electrons. The first kappa shape index (κ1) is 20.9. The molecule has 0 aliphatic rings. The van der Waals surface area contributed by atoms with Crippen LogP contribution < -0.4 is 10.6 Å². The van der Waals surface area contributed by atoms with Gasteiger partial charge in [-0.05, 0) is 42.0 Å². The molecule has 0 spiro atoms. The van der Waals surface area contributed by atoms with Crippen molar-refractivity contribution < 1.29 is 14.0 Å². The zero-order chi connectivity index (χ0) is 21.5. The highest BCUT2D eigenvalue weighted by Gasteiger charge is 2.12. The largest absolute Gasteiger partial charge is 0.459 e. The molecular formula is C23H19N3O3S2. The van der Waals surface area contributed by atoms with Gasteiger partial charge in [0.15, 0.2) is 5.76 Å². The Kier molecular flexibility index (Phi) is 6.81. The van der Waals surface area contributed by atoms with Gasteiger partial charge in [-0.3, -0.25) is 9.59 Å². The molecule has 8 heteroatoms. The second-order valence-corrected chi connectivity index (χ2v) is 8.31. The van der Waals surface area contributed by atoms with Gasteiger partial charge >= 0.3 is 0 Å². The minimum atomic E-state index is -0.308. The normalized spacial score (nSPS) is 10.6. The van der Waals surface area contributed by atoms with E-state index in [1.807, 2.05) is 47.3 Å². The molecule has 0 bridgehead atoms. The van der Waals surface area contributed by atoms with Crippen LogP contribution in [-0.4, -0.2) is 16.8 Å². The number of hydrogen-bond acceptors (Lipinski definition) is 6. The summed E-state index contributed by atoms with van der Waals surface area (Å²) in [5.41, 5.74) is 5.04. The fourth-order valence-electron chi connectivity index (χ4n) is 2.82. The second-order valence-electron chi connectivity index (χ2n) is 6.58. The number of aromatic nitrogens is 1. The number of nitrogens with one attached hydrogen (secondary N) is 2. The number of carbonyl (C=O) groups is 2. The SMILES string of the molecule is O=C(Nc1ccc(CNC(=O)c2ccccc2SCc2cscn2)cc1)c1ccco1. The van der Waals surface area contributed by atoms with Crippen molar-refractivity contribution in [3.8, 4) is 0 Å². The number of amides is 2. The zero-order valence-electron chi connectivity index (χ0n) is 16.4. The first-order chi connectivity index (χ1) is 15.2. The van der Waals surface area contributed by atoms with Crippen LogP contribution in [0.2, 0.25) is 0 Å². The number of hydrogen-bond donors (Lipinski definition) is 2. The molecule has 2 amide bonds. The molecular weight excluding hydrogens is 430 g/mol. The molecule has 2 aromatic heterocycles. The highest BCUT2D eigenvalue weighted by Crippen LogP contribution is 2.26. The minimum absolute atomic E-state index is 0.128. The molecule has 2 heterocycles. The van der Waals surface area contributed by atoms with Crippen molar-refractivity contribution in [3.63, 3.8) is 0 Å². The topological polar surface area (TPSA) is 84.2 Å². The number of thiazole rings is 1. The smallest absolute Gasteiger partial charge is 0.291 e. The van der Waals surface area contributed by atoms with E-state index in [-0.39, 0.29) is 17.6 Å². The van der Waals surface area contributed by atoms with Crippen LogP contribution in [0.3, 0.4) is 0 Å². The van der Waals surface area contributed by atoms with Gasteiger partial charge in [0.2, 0.25) is 0 Å². The molecule has 2 aromatic carbocycles. The van der Waals surface area contributed by atoms with E-state index in [0.717, 1.165) is 21.9 Å². The van der Waals surface area contributed by atoms with Gasteiger partial charge in [-0.15, -0.1) is 23.1 Å². The number of carbonyl (C=O) groups excluding carboxylic acids is 2. The van der Waals surface area contributed by atoms with Crippen LogP contribution in [-0.2, 0) is 12.3 Å². The highest BCUT2D eigenvalue weighted by molar-refractivity contribution is 7.98. The third kappa shape index (κ3) is 5.62. The molecule has 0 aliphatic heterocycles. The van der Waals surface area contributed by atoms with Crippen LogP contribution in [0.15, 0.2) is 87.1 Å². The van der Waals surface area contributed by atoms with E-state index in [0.29, 0.717) is 17.8 Å². The number of nitrogens with zero attached hydrogens (tertiary/aromatic N) is 1. The number of thioether (sulfide) groups is 1. The Hall–Kier alpha value is -3.36. The third-order valence-electron chi connectivity index (χ3n) is 4.40. The lowest BCUT2D eigenvalue weighted by atomic mass is 10.1. The fourth-order valence-corrected chi connectivity index (χ4v) is 4.44. The van der Waals surface area contributed by atoms with E-state index < -0.39 is 0 Å². The lowest BCUT2D eigenvalue weighted by molar-refractivity contribution is 0.0947. The molecule has 6 nitrogen and oxygen atoms in total. The van der Waals surface area contributed by atoms with Gasteiger partial charge in [-0.1, -0.05) is 24.3 Å². The Morgan fingerprint density at radius 3 is 2.58 bits per heavy atom. The predicted octanol–water partition coefficient (Wildman–Crippen LogP) is 5.21. The molecule has 0 saturated carbocycles. The van der Waals surface area contributed by atoms with Gasteiger partial charge in [0.1, 0.15) is 0 Å². The fraction of sp³-hybridized carbons (Fsp3) is 0.0870. The molecule has 0 saturated heterocycles. The van der Waals surface area contributed by atoms with Gasteiger partial charge < -0.3 is 15.1 Å². The molecule has 0 fully saturated rings. The number of furan rings is 1. The lowest BCUT2D eigenvalue weighted by Crippen LogP contribution is -2.23. The maximum atomic E-state index is 12.7. The molecule has 0 unspecified atom stereocenters. The molecule has 156 valence electrons. The second kappa shape index (κ2) is 10.1. The van der Waals surface area contributed by atoms with Crippen LogP contribution in [0.5, 0.6) is 0 Å². The standard InChI is InChI=1S/C23H19N3O3S2/c27-22(19-4-1-2-6-21(19)31-14-18-13-30-15-25-18)24-12-16-7-9-17(10-8-16)26-23(28)20-5-3-11-29-20/h1-11,13,15H,12,14H2,(H,24,27)(H,26,28). The van der Waals surface area contributed by atoms with Crippen molar-refractivity contribution in [2.45, 2.75) is 17.2 Å². The van der Waals surface area contributed by atoms with E-state index in [9.17, 15) is 9.59 Å². The van der Waals surface area contributed by atoms with E-state index in [4.69, 9.17) is 4.42 Å². The molecule has 0 atom stereocenters. The Balaban J connectivity index is 1.33. The Morgan fingerprint density at radius 1 is 1.00 bits per heavy atom. The van der Waals surface area contributed by atoms with Gasteiger partial charge in [0.25, 0.3) is 11.8 Å². The van der Waals surface area contributed by atoms with E-state index in [1.54, 1.807) is 47.4 Å².